The third-order valence-corrected chi connectivity index (χ3v) is 3.90. The maximum absolute atomic E-state index is 5.26. The standard InChI is InChI=1S/C18H19NO/c1-13-5-3-4-6-14(13)7-8-15-12-19-18-11-16(20-2)9-10-17(15)18/h3-6,9-12,19H,7-8H2,1-2H3. The second-order valence-electron chi connectivity index (χ2n) is 5.15. The summed E-state index contributed by atoms with van der Waals surface area (Å²) in [6.07, 6.45) is 4.24. The average Bonchev–Trinajstić information content (AvgIpc) is 2.88. The van der Waals surface area contributed by atoms with E-state index in [1.807, 2.05) is 12.1 Å². The van der Waals surface area contributed by atoms with Gasteiger partial charge < -0.3 is 9.72 Å². The van der Waals surface area contributed by atoms with Crippen LogP contribution in [0.1, 0.15) is 16.7 Å². The van der Waals surface area contributed by atoms with Crippen molar-refractivity contribution in [2.75, 3.05) is 7.11 Å². The quantitative estimate of drug-likeness (QED) is 0.748. The lowest BCUT2D eigenvalue weighted by molar-refractivity contribution is 0.415. The second kappa shape index (κ2) is 5.41. The molecule has 0 fully saturated rings. The SMILES string of the molecule is COc1ccc2c(CCc3ccccc3C)c[nH]c2c1. The number of aromatic amines is 1. The molecule has 0 bridgehead atoms. The van der Waals surface area contributed by atoms with Crippen LogP contribution in [0.5, 0.6) is 5.75 Å². The molecule has 0 unspecified atom stereocenters. The number of rotatable bonds is 4. The van der Waals surface area contributed by atoms with Crippen LogP contribution in [-0.4, -0.2) is 12.1 Å². The number of hydrogen-bond acceptors (Lipinski definition) is 1. The Bertz CT molecular complexity index is 727. The Morgan fingerprint density at radius 1 is 1.00 bits per heavy atom. The number of methoxy groups -OCH3 is 1. The Labute approximate surface area is 119 Å². The lowest BCUT2D eigenvalue weighted by Gasteiger charge is -2.05. The Balaban J connectivity index is 1.83. The summed E-state index contributed by atoms with van der Waals surface area (Å²) in [5.41, 5.74) is 5.31. The second-order valence-corrected chi connectivity index (χ2v) is 5.15. The van der Waals surface area contributed by atoms with Crippen molar-refractivity contribution in [3.05, 3.63) is 65.4 Å². The van der Waals surface area contributed by atoms with Crippen LogP contribution in [0, 0.1) is 6.92 Å². The molecule has 0 saturated carbocycles. The largest absolute Gasteiger partial charge is 0.497 e. The molecule has 2 aromatic carbocycles. The summed E-state index contributed by atoms with van der Waals surface area (Å²) in [6, 6.07) is 14.8. The molecule has 0 aliphatic carbocycles. The van der Waals surface area contributed by atoms with Crippen LogP contribution in [0.4, 0.5) is 0 Å². The maximum atomic E-state index is 5.26. The molecule has 1 aromatic heterocycles. The third-order valence-electron chi connectivity index (χ3n) is 3.90. The van der Waals surface area contributed by atoms with Gasteiger partial charge >= 0.3 is 0 Å². The molecular formula is C18H19NO. The van der Waals surface area contributed by atoms with Gasteiger partial charge in [0.2, 0.25) is 0 Å². The molecule has 1 N–H and O–H groups in total. The van der Waals surface area contributed by atoms with E-state index in [-0.39, 0.29) is 0 Å². The number of benzene rings is 2. The fourth-order valence-electron chi connectivity index (χ4n) is 2.66. The highest BCUT2D eigenvalue weighted by Gasteiger charge is 2.06. The summed E-state index contributed by atoms with van der Waals surface area (Å²) in [6.45, 7) is 2.18. The van der Waals surface area contributed by atoms with Gasteiger partial charge in [0.25, 0.3) is 0 Å². The van der Waals surface area contributed by atoms with E-state index >= 15 is 0 Å². The summed E-state index contributed by atoms with van der Waals surface area (Å²) in [7, 11) is 1.70. The number of fused-ring (bicyclic) bond motifs is 1. The third kappa shape index (κ3) is 2.42. The minimum absolute atomic E-state index is 0.893. The Hall–Kier alpha value is -2.22. The van der Waals surface area contributed by atoms with E-state index in [0.717, 1.165) is 24.1 Å². The zero-order valence-corrected chi connectivity index (χ0v) is 11.9. The van der Waals surface area contributed by atoms with E-state index in [1.54, 1.807) is 7.11 Å². The Morgan fingerprint density at radius 2 is 1.80 bits per heavy atom. The molecule has 0 aliphatic rings. The van der Waals surface area contributed by atoms with Crippen molar-refractivity contribution in [3.8, 4) is 5.75 Å². The predicted octanol–water partition coefficient (Wildman–Crippen LogP) is 4.27. The van der Waals surface area contributed by atoms with Crippen LogP contribution in [0.25, 0.3) is 10.9 Å². The van der Waals surface area contributed by atoms with Crippen molar-refractivity contribution >= 4 is 10.9 Å². The first-order valence-corrected chi connectivity index (χ1v) is 6.96. The van der Waals surface area contributed by atoms with Crippen LogP contribution in [0.2, 0.25) is 0 Å². The van der Waals surface area contributed by atoms with E-state index in [0.29, 0.717) is 0 Å². The van der Waals surface area contributed by atoms with Crippen LogP contribution in [0.15, 0.2) is 48.7 Å². The Kier molecular flexibility index (Phi) is 3.46. The van der Waals surface area contributed by atoms with Gasteiger partial charge in [-0.05, 0) is 48.6 Å². The molecule has 0 amide bonds. The summed E-state index contributed by atoms with van der Waals surface area (Å²) in [5, 5.41) is 1.29. The number of H-pyrrole nitrogens is 1. The van der Waals surface area contributed by atoms with Crippen molar-refractivity contribution in [3.63, 3.8) is 0 Å². The van der Waals surface area contributed by atoms with Crippen molar-refractivity contribution in [2.45, 2.75) is 19.8 Å². The first kappa shape index (κ1) is 12.8. The molecule has 3 aromatic rings. The van der Waals surface area contributed by atoms with Gasteiger partial charge in [-0.2, -0.15) is 0 Å². The molecule has 102 valence electrons. The first-order valence-electron chi connectivity index (χ1n) is 6.96. The Morgan fingerprint density at radius 3 is 2.60 bits per heavy atom. The highest BCUT2D eigenvalue weighted by molar-refractivity contribution is 5.84. The van der Waals surface area contributed by atoms with Crippen molar-refractivity contribution in [1.29, 1.82) is 0 Å². The molecular weight excluding hydrogens is 246 g/mol. The molecule has 1 heterocycles. The fourth-order valence-corrected chi connectivity index (χ4v) is 2.66. The van der Waals surface area contributed by atoms with Crippen molar-refractivity contribution in [1.82, 2.24) is 4.98 Å². The summed E-state index contributed by atoms with van der Waals surface area (Å²) in [4.78, 5) is 3.33. The summed E-state index contributed by atoms with van der Waals surface area (Å²) < 4.78 is 5.26. The lowest BCUT2D eigenvalue weighted by Crippen LogP contribution is -1.93. The van der Waals surface area contributed by atoms with Crippen LogP contribution in [0.3, 0.4) is 0 Å². The van der Waals surface area contributed by atoms with E-state index < -0.39 is 0 Å². The normalized spacial score (nSPS) is 10.9. The number of ether oxygens (including phenoxy) is 1. The van der Waals surface area contributed by atoms with E-state index in [4.69, 9.17) is 4.74 Å². The van der Waals surface area contributed by atoms with E-state index in [2.05, 4.69) is 48.4 Å². The van der Waals surface area contributed by atoms with E-state index in [9.17, 15) is 0 Å². The molecule has 0 atom stereocenters. The topological polar surface area (TPSA) is 25.0 Å². The molecule has 2 heteroatoms. The zero-order valence-electron chi connectivity index (χ0n) is 11.9. The van der Waals surface area contributed by atoms with Gasteiger partial charge in [-0.3, -0.25) is 0 Å². The molecule has 3 rings (SSSR count). The van der Waals surface area contributed by atoms with Gasteiger partial charge in [-0.25, -0.2) is 0 Å². The maximum Gasteiger partial charge on any atom is 0.120 e. The van der Waals surface area contributed by atoms with Crippen molar-refractivity contribution in [2.24, 2.45) is 0 Å². The van der Waals surface area contributed by atoms with Gasteiger partial charge in [-0.15, -0.1) is 0 Å². The molecule has 0 saturated heterocycles. The van der Waals surface area contributed by atoms with E-state index in [1.165, 1.54) is 22.1 Å². The summed E-state index contributed by atoms with van der Waals surface area (Å²) in [5.74, 6) is 0.893. The average molecular weight is 265 g/mol. The zero-order chi connectivity index (χ0) is 13.9. The smallest absolute Gasteiger partial charge is 0.120 e. The van der Waals surface area contributed by atoms with Crippen LogP contribution >= 0.6 is 0 Å². The molecule has 0 aliphatic heterocycles. The minimum Gasteiger partial charge on any atom is -0.497 e. The van der Waals surface area contributed by atoms with Gasteiger partial charge in [0, 0.05) is 23.2 Å². The fraction of sp³-hybridized carbons (Fsp3) is 0.222. The van der Waals surface area contributed by atoms with Crippen molar-refractivity contribution < 1.29 is 4.74 Å². The van der Waals surface area contributed by atoms with Gasteiger partial charge in [0.1, 0.15) is 5.75 Å². The highest BCUT2D eigenvalue weighted by atomic mass is 16.5. The number of aromatic nitrogens is 1. The number of hydrogen-bond donors (Lipinski definition) is 1. The van der Waals surface area contributed by atoms with Gasteiger partial charge in [0.05, 0.1) is 7.11 Å². The summed E-state index contributed by atoms with van der Waals surface area (Å²) >= 11 is 0. The minimum atomic E-state index is 0.893. The lowest BCUT2D eigenvalue weighted by atomic mass is 10.0. The number of nitrogens with one attached hydrogen (secondary N) is 1. The first-order chi connectivity index (χ1) is 9.78. The monoisotopic (exact) mass is 265 g/mol. The van der Waals surface area contributed by atoms with Gasteiger partial charge in [-0.1, -0.05) is 24.3 Å². The number of aryl methyl sites for hydroxylation is 3. The molecule has 0 radical (unpaired) electrons. The van der Waals surface area contributed by atoms with Crippen LogP contribution in [-0.2, 0) is 12.8 Å². The molecule has 20 heavy (non-hydrogen) atoms. The molecule has 2 nitrogen and oxygen atoms in total. The van der Waals surface area contributed by atoms with Crippen LogP contribution < -0.4 is 4.74 Å². The van der Waals surface area contributed by atoms with Gasteiger partial charge in [0.15, 0.2) is 0 Å². The predicted molar refractivity (Wildman–Crippen MR) is 83.4 cm³/mol. The molecule has 0 spiro atoms. The highest BCUT2D eigenvalue weighted by Crippen LogP contribution is 2.24.